The Morgan fingerprint density at radius 2 is 1.90 bits per heavy atom. The highest BCUT2D eigenvalue weighted by Gasteiger charge is 2.12. The van der Waals surface area contributed by atoms with Crippen LogP contribution in [-0.2, 0) is 0 Å². The molecule has 0 amide bonds. The van der Waals surface area contributed by atoms with Gasteiger partial charge in [-0.25, -0.2) is 4.98 Å². The van der Waals surface area contributed by atoms with Crippen molar-refractivity contribution in [2.75, 3.05) is 5.32 Å². The molecular weight excluding hydrogens is 326 g/mol. The average molecular weight is 342 g/mol. The number of rotatable bonds is 4. The lowest BCUT2D eigenvalue weighted by molar-refractivity contribution is 0.647. The topological polar surface area (TPSA) is 29.9 Å². The minimum Gasteiger partial charge on any atom is -0.326 e. The highest BCUT2D eigenvalue weighted by molar-refractivity contribution is 9.10. The minimum atomic E-state index is 0.205. The zero-order chi connectivity index (χ0) is 14.7. The van der Waals surface area contributed by atoms with E-state index < -0.39 is 0 Å². The zero-order valence-electron chi connectivity index (χ0n) is 11.7. The number of nitrogens with zero attached hydrogens (tertiary/aromatic N) is 2. The summed E-state index contributed by atoms with van der Waals surface area (Å²) in [5.41, 5.74) is 2.27. The number of nitrogens with one attached hydrogen (secondary N) is 1. The molecule has 0 spiro atoms. The summed E-state index contributed by atoms with van der Waals surface area (Å²) in [6, 6.07) is 18.6. The van der Waals surface area contributed by atoms with E-state index in [4.69, 9.17) is 0 Å². The van der Waals surface area contributed by atoms with Crippen LogP contribution >= 0.6 is 15.9 Å². The Morgan fingerprint density at radius 3 is 2.67 bits per heavy atom. The standard InChI is InChI=1S/C17H16BrN3/c1-13(14-6-5-7-15(18)12-14)21-11-10-19-17(21)20-16-8-3-2-4-9-16/h2-13H,1H3,(H,19,20). The first-order valence-electron chi connectivity index (χ1n) is 6.84. The van der Waals surface area contributed by atoms with Gasteiger partial charge in [0.2, 0.25) is 5.95 Å². The Morgan fingerprint density at radius 1 is 1.10 bits per heavy atom. The first-order valence-corrected chi connectivity index (χ1v) is 7.64. The monoisotopic (exact) mass is 341 g/mol. The molecule has 106 valence electrons. The second-order valence-electron chi connectivity index (χ2n) is 4.88. The molecule has 0 saturated heterocycles. The van der Waals surface area contributed by atoms with E-state index in [9.17, 15) is 0 Å². The highest BCUT2D eigenvalue weighted by Crippen LogP contribution is 2.25. The van der Waals surface area contributed by atoms with Crippen LogP contribution in [0.5, 0.6) is 0 Å². The number of hydrogen-bond donors (Lipinski definition) is 1. The summed E-state index contributed by atoms with van der Waals surface area (Å²) in [5, 5.41) is 3.36. The van der Waals surface area contributed by atoms with Gasteiger partial charge in [0.05, 0.1) is 6.04 Å². The van der Waals surface area contributed by atoms with Crippen molar-refractivity contribution in [1.29, 1.82) is 0 Å². The van der Waals surface area contributed by atoms with Gasteiger partial charge in [0, 0.05) is 22.6 Å². The van der Waals surface area contributed by atoms with Crippen molar-refractivity contribution < 1.29 is 0 Å². The summed E-state index contributed by atoms with van der Waals surface area (Å²) in [7, 11) is 0. The number of benzene rings is 2. The number of halogens is 1. The molecular formula is C17H16BrN3. The number of anilines is 2. The maximum atomic E-state index is 4.42. The molecule has 3 aromatic rings. The average Bonchev–Trinajstić information content (AvgIpc) is 2.95. The Kier molecular flexibility index (Phi) is 4.06. The van der Waals surface area contributed by atoms with E-state index in [1.165, 1.54) is 5.56 Å². The maximum Gasteiger partial charge on any atom is 0.207 e. The number of hydrogen-bond acceptors (Lipinski definition) is 2. The molecule has 0 aliphatic carbocycles. The molecule has 1 N–H and O–H groups in total. The molecule has 0 aliphatic heterocycles. The third-order valence-corrected chi connectivity index (χ3v) is 3.94. The maximum absolute atomic E-state index is 4.42. The van der Waals surface area contributed by atoms with Crippen LogP contribution < -0.4 is 5.32 Å². The van der Waals surface area contributed by atoms with Gasteiger partial charge in [0.25, 0.3) is 0 Å². The molecule has 21 heavy (non-hydrogen) atoms. The lowest BCUT2D eigenvalue weighted by atomic mass is 10.1. The SMILES string of the molecule is CC(c1cccc(Br)c1)n1ccnc1Nc1ccccc1. The molecule has 1 aromatic heterocycles. The molecule has 1 unspecified atom stereocenters. The fourth-order valence-corrected chi connectivity index (χ4v) is 2.72. The lowest BCUT2D eigenvalue weighted by Crippen LogP contribution is -2.09. The van der Waals surface area contributed by atoms with Crippen molar-refractivity contribution in [3.8, 4) is 0 Å². The van der Waals surface area contributed by atoms with Gasteiger partial charge in [-0.3, -0.25) is 0 Å². The van der Waals surface area contributed by atoms with Gasteiger partial charge in [-0.15, -0.1) is 0 Å². The normalized spacial score (nSPS) is 12.1. The van der Waals surface area contributed by atoms with Gasteiger partial charge in [-0.1, -0.05) is 46.3 Å². The molecule has 3 nitrogen and oxygen atoms in total. The van der Waals surface area contributed by atoms with Crippen molar-refractivity contribution in [2.24, 2.45) is 0 Å². The number of imidazole rings is 1. The van der Waals surface area contributed by atoms with Gasteiger partial charge < -0.3 is 9.88 Å². The van der Waals surface area contributed by atoms with Gasteiger partial charge >= 0.3 is 0 Å². The van der Waals surface area contributed by atoms with Crippen LogP contribution in [0.1, 0.15) is 18.5 Å². The van der Waals surface area contributed by atoms with Gasteiger partial charge in [0.15, 0.2) is 0 Å². The molecule has 0 bridgehead atoms. The second kappa shape index (κ2) is 6.14. The molecule has 3 rings (SSSR count). The van der Waals surface area contributed by atoms with E-state index in [1.54, 1.807) is 0 Å². The summed E-state index contributed by atoms with van der Waals surface area (Å²) in [5.74, 6) is 0.841. The van der Waals surface area contributed by atoms with Crippen molar-refractivity contribution in [3.63, 3.8) is 0 Å². The molecule has 0 radical (unpaired) electrons. The van der Waals surface area contributed by atoms with Crippen molar-refractivity contribution in [1.82, 2.24) is 9.55 Å². The summed E-state index contributed by atoms with van der Waals surface area (Å²) in [6.45, 7) is 2.17. The third kappa shape index (κ3) is 3.16. The van der Waals surface area contributed by atoms with Gasteiger partial charge in [-0.2, -0.15) is 0 Å². The van der Waals surface area contributed by atoms with E-state index in [-0.39, 0.29) is 6.04 Å². The van der Waals surface area contributed by atoms with Crippen LogP contribution in [-0.4, -0.2) is 9.55 Å². The van der Waals surface area contributed by atoms with Gasteiger partial charge in [-0.05, 0) is 36.8 Å². The van der Waals surface area contributed by atoms with E-state index in [0.29, 0.717) is 0 Å². The highest BCUT2D eigenvalue weighted by atomic mass is 79.9. The second-order valence-corrected chi connectivity index (χ2v) is 5.80. The van der Waals surface area contributed by atoms with Crippen molar-refractivity contribution in [2.45, 2.75) is 13.0 Å². The van der Waals surface area contributed by atoms with E-state index in [2.05, 4.69) is 55.9 Å². The molecule has 4 heteroatoms. The lowest BCUT2D eigenvalue weighted by Gasteiger charge is -2.17. The largest absolute Gasteiger partial charge is 0.326 e. The summed E-state index contributed by atoms with van der Waals surface area (Å²) in [4.78, 5) is 4.42. The molecule has 0 aliphatic rings. The summed E-state index contributed by atoms with van der Waals surface area (Å²) < 4.78 is 3.22. The smallest absolute Gasteiger partial charge is 0.207 e. The number of para-hydroxylation sites is 1. The fraction of sp³-hybridized carbons (Fsp3) is 0.118. The minimum absolute atomic E-state index is 0.205. The van der Waals surface area contributed by atoms with E-state index >= 15 is 0 Å². The number of aromatic nitrogens is 2. The van der Waals surface area contributed by atoms with E-state index in [0.717, 1.165) is 16.1 Å². The molecule has 1 atom stereocenters. The Balaban J connectivity index is 1.88. The first-order chi connectivity index (χ1) is 10.2. The predicted molar refractivity (Wildman–Crippen MR) is 89.9 cm³/mol. The molecule has 1 heterocycles. The van der Waals surface area contributed by atoms with Crippen molar-refractivity contribution in [3.05, 3.63) is 77.0 Å². The van der Waals surface area contributed by atoms with Crippen LogP contribution in [0.4, 0.5) is 11.6 Å². The summed E-state index contributed by atoms with van der Waals surface area (Å²) in [6.07, 6.45) is 3.82. The van der Waals surface area contributed by atoms with Crippen LogP contribution in [0.25, 0.3) is 0 Å². The quantitative estimate of drug-likeness (QED) is 0.723. The zero-order valence-corrected chi connectivity index (χ0v) is 13.3. The first kappa shape index (κ1) is 13.9. The van der Waals surface area contributed by atoms with Crippen molar-refractivity contribution >= 4 is 27.6 Å². The Bertz CT molecular complexity index is 722. The van der Waals surface area contributed by atoms with E-state index in [1.807, 2.05) is 48.8 Å². The fourth-order valence-electron chi connectivity index (χ4n) is 2.30. The summed E-state index contributed by atoms with van der Waals surface area (Å²) >= 11 is 3.53. The molecule has 0 saturated carbocycles. The Hall–Kier alpha value is -2.07. The Labute approximate surface area is 132 Å². The third-order valence-electron chi connectivity index (χ3n) is 3.45. The molecule has 0 fully saturated rings. The van der Waals surface area contributed by atoms with Crippen LogP contribution in [0.3, 0.4) is 0 Å². The van der Waals surface area contributed by atoms with Crippen LogP contribution in [0.15, 0.2) is 71.5 Å². The van der Waals surface area contributed by atoms with Crippen LogP contribution in [0.2, 0.25) is 0 Å². The van der Waals surface area contributed by atoms with Gasteiger partial charge in [0.1, 0.15) is 0 Å². The predicted octanol–water partition coefficient (Wildman–Crippen LogP) is 5.00. The van der Waals surface area contributed by atoms with Crippen LogP contribution in [0, 0.1) is 0 Å². The molecule has 2 aromatic carbocycles.